The number of hydrogen-bond donors (Lipinski definition) is 0. The van der Waals surface area contributed by atoms with E-state index >= 15 is 0 Å². The van der Waals surface area contributed by atoms with Crippen LogP contribution in [0.15, 0.2) is 11.1 Å². The van der Waals surface area contributed by atoms with Gasteiger partial charge < -0.3 is 0 Å². The van der Waals surface area contributed by atoms with Crippen LogP contribution < -0.4 is 0 Å². The van der Waals surface area contributed by atoms with Crippen molar-refractivity contribution in [3.05, 3.63) is 11.1 Å². The lowest BCUT2D eigenvalue weighted by atomic mass is 9.64. The number of hydrogen-bond acceptors (Lipinski definition) is 0. The van der Waals surface area contributed by atoms with Crippen molar-refractivity contribution in [2.24, 2.45) is 17.8 Å². The smallest absolute Gasteiger partial charge is 0.0201 e. The maximum atomic E-state index is 2.45. The lowest BCUT2D eigenvalue weighted by molar-refractivity contribution is 0.172. The third-order valence-corrected chi connectivity index (χ3v) is 4.53. The Morgan fingerprint density at radius 1 is 1.08 bits per heavy atom. The molecule has 2 aliphatic carbocycles. The Morgan fingerprint density at radius 3 is 2.54 bits per heavy atom. The summed E-state index contributed by atoms with van der Waals surface area (Å²) < 4.78 is 0. The highest BCUT2D eigenvalue weighted by molar-refractivity contribution is 5.18. The van der Waals surface area contributed by atoms with Crippen LogP contribution >= 0.6 is 0 Å². The van der Waals surface area contributed by atoms with E-state index in [-0.39, 0.29) is 0 Å². The van der Waals surface area contributed by atoms with Gasteiger partial charge in [-0.05, 0) is 50.9 Å². The van der Waals surface area contributed by atoms with Gasteiger partial charge in [0.25, 0.3) is 0 Å². The molecule has 3 unspecified atom stereocenters. The van der Waals surface area contributed by atoms with Gasteiger partial charge in [-0.1, -0.05) is 30.9 Å². The first kappa shape index (κ1) is 9.30. The predicted octanol–water partition coefficient (Wildman–Crippen LogP) is 4.17. The summed E-state index contributed by atoms with van der Waals surface area (Å²) in [6.45, 7) is 7.14. The van der Waals surface area contributed by atoms with Gasteiger partial charge in [0.15, 0.2) is 0 Å². The molecule has 1 saturated carbocycles. The van der Waals surface area contributed by atoms with E-state index in [1.54, 1.807) is 11.1 Å². The fraction of sp³-hybridized carbons (Fsp3) is 0.846. The second-order valence-corrected chi connectivity index (χ2v) is 5.16. The topological polar surface area (TPSA) is 0 Å². The van der Waals surface area contributed by atoms with E-state index in [4.69, 9.17) is 0 Å². The first-order chi connectivity index (χ1) is 6.20. The first-order valence-corrected chi connectivity index (χ1v) is 5.86. The van der Waals surface area contributed by atoms with Crippen LogP contribution in [0.3, 0.4) is 0 Å². The Bertz CT molecular complexity index is 224. The number of fused-ring (bicyclic) bond motifs is 1. The van der Waals surface area contributed by atoms with Gasteiger partial charge in [0.2, 0.25) is 0 Å². The molecular weight excluding hydrogens is 156 g/mol. The van der Waals surface area contributed by atoms with Crippen molar-refractivity contribution in [3.63, 3.8) is 0 Å². The second kappa shape index (κ2) is 3.48. The van der Waals surface area contributed by atoms with Crippen LogP contribution in [-0.2, 0) is 0 Å². The molecule has 0 aromatic heterocycles. The highest BCUT2D eigenvalue weighted by Crippen LogP contribution is 2.45. The largest absolute Gasteiger partial charge is 0.0738 e. The molecule has 0 aliphatic heterocycles. The Kier molecular flexibility index (Phi) is 2.49. The average molecular weight is 178 g/mol. The SMILES string of the molecule is CC1=C(C)C(C)C2CCCCC2C1. The zero-order valence-electron chi connectivity index (χ0n) is 9.27. The van der Waals surface area contributed by atoms with E-state index in [1.807, 2.05) is 0 Å². The van der Waals surface area contributed by atoms with Gasteiger partial charge in [-0.3, -0.25) is 0 Å². The van der Waals surface area contributed by atoms with Gasteiger partial charge in [-0.25, -0.2) is 0 Å². The average Bonchev–Trinajstić information content (AvgIpc) is 2.15. The van der Waals surface area contributed by atoms with Crippen LogP contribution in [0.4, 0.5) is 0 Å². The molecule has 0 radical (unpaired) electrons. The first-order valence-electron chi connectivity index (χ1n) is 5.86. The molecule has 0 aromatic carbocycles. The molecule has 0 N–H and O–H groups in total. The summed E-state index contributed by atoms with van der Waals surface area (Å²) in [6, 6.07) is 0. The minimum absolute atomic E-state index is 0.874. The van der Waals surface area contributed by atoms with Crippen molar-refractivity contribution in [3.8, 4) is 0 Å². The van der Waals surface area contributed by atoms with E-state index in [2.05, 4.69) is 20.8 Å². The van der Waals surface area contributed by atoms with Crippen molar-refractivity contribution in [2.75, 3.05) is 0 Å². The molecule has 13 heavy (non-hydrogen) atoms. The van der Waals surface area contributed by atoms with Gasteiger partial charge in [-0.15, -0.1) is 0 Å². The van der Waals surface area contributed by atoms with Crippen LogP contribution in [0.5, 0.6) is 0 Å². The molecule has 0 bridgehead atoms. The Morgan fingerprint density at radius 2 is 1.77 bits per heavy atom. The van der Waals surface area contributed by atoms with E-state index in [0.717, 1.165) is 17.8 Å². The molecule has 0 saturated heterocycles. The molecule has 0 aromatic rings. The fourth-order valence-corrected chi connectivity index (χ4v) is 3.41. The molecule has 2 aliphatic rings. The molecule has 0 heteroatoms. The summed E-state index contributed by atoms with van der Waals surface area (Å²) >= 11 is 0. The molecule has 2 rings (SSSR count). The number of rotatable bonds is 0. The molecule has 0 heterocycles. The van der Waals surface area contributed by atoms with Crippen LogP contribution in [0.2, 0.25) is 0 Å². The lowest BCUT2D eigenvalue weighted by Gasteiger charge is -2.41. The third-order valence-electron chi connectivity index (χ3n) is 4.53. The number of allylic oxidation sites excluding steroid dienone is 2. The summed E-state index contributed by atoms with van der Waals surface area (Å²) in [5.41, 5.74) is 3.39. The minimum atomic E-state index is 0.874. The summed E-state index contributed by atoms with van der Waals surface area (Å²) in [5.74, 6) is 2.93. The van der Waals surface area contributed by atoms with Crippen LogP contribution in [-0.4, -0.2) is 0 Å². The maximum absolute atomic E-state index is 2.45. The minimum Gasteiger partial charge on any atom is -0.0738 e. The highest BCUT2D eigenvalue weighted by atomic mass is 14.4. The monoisotopic (exact) mass is 178 g/mol. The van der Waals surface area contributed by atoms with Crippen LogP contribution in [0.1, 0.15) is 52.9 Å². The summed E-state index contributed by atoms with van der Waals surface area (Å²) in [5, 5.41) is 0. The van der Waals surface area contributed by atoms with Crippen molar-refractivity contribution in [1.82, 2.24) is 0 Å². The normalized spacial score (nSPS) is 40.4. The summed E-state index contributed by atoms with van der Waals surface area (Å²) in [6.07, 6.45) is 7.37. The molecule has 74 valence electrons. The summed E-state index contributed by atoms with van der Waals surface area (Å²) in [7, 11) is 0. The van der Waals surface area contributed by atoms with Gasteiger partial charge >= 0.3 is 0 Å². The van der Waals surface area contributed by atoms with Crippen LogP contribution in [0, 0.1) is 17.8 Å². The fourth-order valence-electron chi connectivity index (χ4n) is 3.41. The summed E-state index contributed by atoms with van der Waals surface area (Å²) in [4.78, 5) is 0. The molecule has 3 atom stereocenters. The third kappa shape index (κ3) is 1.56. The molecule has 0 amide bonds. The van der Waals surface area contributed by atoms with Gasteiger partial charge in [0.05, 0.1) is 0 Å². The van der Waals surface area contributed by atoms with Gasteiger partial charge in [0.1, 0.15) is 0 Å². The van der Waals surface area contributed by atoms with Crippen molar-refractivity contribution in [2.45, 2.75) is 52.9 Å². The van der Waals surface area contributed by atoms with E-state index in [9.17, 15) is 0 Å². The quantitative estimate of drug-likeness (QED) is 0.488. The van der Waals surface area contributed by atoms with Gasteiger partial charge in [0, 0.05) is 0 Å². The highest BCUT2D eigenvalue weighted by Gasteiger charge is 2.34. The molecule has 0 spiro atoms. The van der Waals surface area contributed by atoms with E-state index < -0.39 is 0 Å². The Balaban J connectivity index is 2.20. The van der Waals surface area contributed by atoms with Crippen molar-refractivity contribution >= 4 is 0 Å². The Hall–Kier alpha value is -0.260. The van der Waals surface area contributed by atoms with E-state index in [0.29, 0.717) is 0 Å². The van der Waals surface area contributed by atoms with E-state index in [1.165, 1.54) is 32.1 Å². The molecular formula is C13H22. The molecule has 1 fully saturated rings. The Labute approximate surface area is 82.4 Å². The zero-order chi connectivity index (χ0) is 9.42. The molecule has 0 nitrogen and oxygen atoms in total. The predicted molar refractivity (Wildman–Crippen MR) is 57.6 cm³/mol. The van der Waals surface area contributed by atoms with Crippen molar-refractivity contribution in [1.29, 1.82) is 0 Å². The zero-order valence-corrected chi connectivity index (χ0v) is 9.27. The maximum Gasteiger partial charge on any atom is -0.0201 e. The second-order valence-electron chi connectivity index (χ2n) is 5.16. The van der Waals surface area contributed by atoms with Gasteiger partial charge in [-0.2, -0.15) is 0 Å². The standard InChI is InChI=1S/C13H22/c1-9-8-12-6-4-5-7-13(12)11(3)10(9)2/h11-13H,4-8H2,1-3H3. The van der Waals surface area contributed by atoms with Crippen LogP contribution in [0.25, 0.3) is 0 Å². The van der Waals surface area contributed by atoms with Crippen molar-refractivity contribution < 1.29 is 0 Å². The lowest BCUT2D eigenvalue weighted by Crippen LogP contribution is -2.30.